The predicted octanol–water partition coefficient (Wildman–Crippen LogP) is 5.40. The van der Waals surface area contributed by atoms with Crippen molar-refractivity contribution in [1.29, 1.82) is 0 Å². The largest absolute Gasteiger partial charge is 0.598 e. The lowest BCUT2D eigenvalue weighted by atomic mass is 10.1. The second-order valence-electron chi connectivity index (χ2n) is 11.3. The van der Waals surface area contributed by atoms with Crippen molar-refractivity contribution in [1.82, 2.24) is 34.2 Å². The van der Waals surface area contributed by atoms with Gasteiger partial charge in [-0.1, -0.05) is 24.3 Å². The molecule has 228 valence electrons. The summed E-state index contributed by atoms with van der Waals surface area (Å²) < 4.78 is 61.6. The zero-order valence-corrected chi connectivity index (χ0v) is 25.3. The molecule has 2 N–H and O–H groups in total. The number of nitrogens with zero attached hydrogens (tertiary/aromatic N) is 6. The van der Waals surface area contributed by atoms with E-state index in [1.807, 2.05) is 32.9 Å². The Morgan fingerprint density at radius 1 is 1.05 bits per heavy atom. The molecule has 0 aliphatic heterocycles. The molecule has 1 aliphatic carbocycles. The maximum Gasteiger partial charge on any atom is 0.434 e. The third-order valence-electron chi connectivity index (χ3n) is 6.88. The van der Waals surface area contributed by atoms with Crippen LogP contribution in [0.2, 0.25) is 0 Å². The van der Waals surface area contributed by atoms with Crippen molar-refractivity contribution in [2.75, 3.05) is 12.4 Å². The van der Waals surface area contributed by atoms with E-state index in [9.17, 15) is 17.7 Å². The summed E-state index contributed by atoms with van der Waals surface area (Å²) in [6.07, 6.45) is 1.66. The van der Waals surface area contributed by atoms with Crippen LogP contribution in [0.5, 0.6) is 5.88 Å². The van der Waals surface area contributed by atoms with Crippen molar-refractivity contribution in [3.05, 3.63) is 65.5 Å². The summed E-state index contributed by atoms with van der Waals surface area (Å²) in [6.45, 7) is 6.26. The van der Waals surface area contributed by atoms with Crippen LogP contribution in [0.3, 0.4) is 0 Å². The molecule has 1 aromatic carbocycles. The number of rotatable bonds is 10. The number of ether oxygens (including phenoxy) is 1. The Labute approximate surface area is 250 Å². The van der Waals surface area contributed by atoms with Crippen LogP contribution in [0.15, 0.2) is 43.0 Å². The van der Waals surface area contributed by atoms with Gasteiger partial charge in [-0.05, 0) is 39.2 Å². The summed E-state index contributed by atoms with van der Waals surface area (Å²) >= 11 is -1.31. The number of aromatic nitrogens is 6. The minimum absolute atomic E-state index is 0.220. The zero-order valence-electron chi connectivity index (χ0n) is 24.5. The van der Waals surface area contributed by atoms with Crippen LogP contribution in [-0.4, -0.2) is 45.9 Å². The molecule has 14 heteroatoms. The molecule has 5 rings (SSSR count). The molecule has 0 spiro atoms. The Kier molecular flexibility index (Phi) is 8.63. The number of benzene rings is 1. The summed E-state index contributed by atoms with van der Waals surface area (Å²) in [6, 6.07) is 7.10. The first-order chi connectivity index (χ1) is 20.3. The highest BCUT2D eigenvalue weighted by molar-refractivity contribution is 7.90. The van der Waals surface area contributed by atoms with Crippen molar-refractivity contribution >= 4 is 17.2 Å². The second-order valence-corrected chi connectivity index (χ2v) is 13.3. The first kappa shape index (κ1) is 30.7. The van der Waals surface area contributed by atoms with Gasteiger partial charge in [0.25, 0.3) is 0 Å². The standard InChI is InChI=1S/C29H33F3N8O2S/c1-28(2,3)43(41)37-14-20-13-34-25(22-23(18-10-11-18)35-16-36-27(22)42-5)39-24(20)33-12-17-6-8-19(9-7-17)26-38-21(15-40(26)4)29(30,31)32/h6-9,13,15-16,18,37H,10-12,14H2,1-5H3,(H,33,34,39). The van der Waals surface area contributed by atoms with Gasteiger partial charge >= 0.3 is 6.18 Å². The van der Waals surface area contributed by atoms with Crippen LogP contribution in [0.1, 0.15) is 62.0 Å². The van der Waals surface area contributed by atoms with Crippen LogP contribution in [0.4, 0.5) is 19.0 Å². The number of hydrogen-bond donors (Lipinski definition) is 2. The fourth-order valence-corrected chi connectivity index (χ4v) is 5.13. The van der Waals surface area contributed by atoms with E-state index in [0.29, 0.717) is 46.7 Å². The molecule has 43 heavy (non-hydrogen) atoms. The zero-order chi connectivity index (χ0) is 30.9. The van der Waals surface area contributed by atoms with Crippen molar-refractivity contribution < 1.29 is 22.5 Å². The highest BCUT2D eigenvalue weighted by Gasteiger charge is 2.35. The topological polar surface area (TPSA) is 126 Å². The summed E-state index contributed by atoms with van der Waals surface area (Å²) in [5.74, 6) is 1.85. The highest BCUT2D eigenvalue weighted by atomic mass is 32.2. The van der Waals surface area contributed by atoms with Gasteiger partial charge in [0.05, 0.1) is 19.3 Å². The Morgan fingerprint density at radius 3 is 2.37 bits per heavy atom. The average molecular weight is 615 g/mol. The van der Waals surface area contributed by atoms with Gasteiger partial charge in [-0.3, -0.25) is 0 Å². The molecule has 0 amide bonds. The average Bonchev–Trinajstić information content (AvgIpc) is 3.74. The SMILES string of the molecule is COc1ncnc(C2CC2)c1-c1ncc(CN[S+]([O-])C(C)(C)C)c(NCc2ccc(-c3nc(C(F)(F)F)cn3C)cc2)n1. The Morgan fingerprint density at radius 2 is 1.77 bits per heavy atom. The number of imidazole rings is 1. The molecule has 3 aromatic heterocycles. The molecule has 0 bridgehead atoms. The number of methoxy groups -OCH3 is 1. The Balaban J connectivity index is 1.42. The van der Waals surface area contributed by atoms with Crippen molar-refractivity contribution in [3.63, 3.8) is 0 Å². The lowest BCUT2D eigenvalue weighted by Gasteiger charge is -2.24. The maximum absolute atomic E-state index is 13.1. The van der Waals surface area contributed by atoms with Crippen molar-refractivity contribution in [2.24, 2.45) is 7.05 Å². The van der Waals surface area contributed by atoms with E-state index >= 15 is 0 Å². The number of halogens is 3. The lowest BCUT2D eigenvalue weighted by molar-refractivity contribution is -0.140. The molecule has 10 nitrogen and oxygen atoms in total. The number of hydrogen-bond acceptors (Lipinski definition) is 9. The predicted molar refractivity (Wildman–Crippen MR) is 157 cm³/mol. The van der Waals surface area contributed by atoms with Crippen LogP contribution in [-0.2, 0) is 37.7 Å². The van der Waals surface area contributed by atoms with E-state index in [-0.39, 0.29) is 12.4 Å². The smallest absolute Gasteiger partial charge is 0.434 e. The number of alkyl halides is 3. The minimum atomic E-state index is -4.52. The molecule has 1 aliphatic rings. The molecule has 1 fully saturated rings. The van der Waals surface area contributed by atoms with Crippen LogP contribution < -0.4 is 14.8 Å². The van der Waals surface area contributed by atoms with E-state index < -0.39 is 28.0 Å². The van der Waals surface area contributed by atoms with Gasteiger partial charge in [0.15, 0.2) is 11.5 Å². The van der Waals surface area contributed by atoms with Gasteiger partial charge in [0.2, 0.25) is 5.88 Å². The van der Waals surface area contributed by atoms with E-state index in [2.05, 4.69) is 30.0 Å². The van der Waals surface area contributed by atoms with Gasteiger partial charge in [-0.15, -0.1) is 4.72 Å². The molecule has 4 aromatic rings. The van der Waals surface area contributed by atoms with Crippen LogP contribution in [0.25, 0.3) is 22.8 Å². The fraction of sp³-hybridized carbons (Fsp3) is 0.414. The maximum atomic E-state index is 13.1. The monoisotopic (exact) mass is 614 g/mol. The first-order valence-corrected chi connectivity index (χ1v) is 14.8. The third-order valence-corrected chi connectivity index (χ3v) is 8.40. The van der Waals surface area contributed by atoms with Crippen LogP contribution in [0, 0.1) is 0 Å². The van der Waals surface area contributed by atoms with E-state index in [4.69, 9.17) is 9.72 Å². The molecular weight excluding hydrogens is 581 g/mol. The quantitative estimate of drug-likeness (QED) is 0.226. The second kappa shape index (κ2) is 12.1. The van der Waals surface area contributed by atoms with Gasteiger partial charge in [-0.2, -0.15) is 13.2 Å². The van der Waals surface area contributed by atoms with E-state index in [1.54, 1.807) is 25.4 Å². The van der Waals surface area contributed by atoms with Gasteiger partial charge in [0.1, 0.15) is 28.3 Å². The molecule has 3 heterocycles. The molecule has 0 radical (unpaired) electrons. The molecule has 1 saturated carbocycles. The highest BCUT2D eigenvalue weighted by Crippen LogP contribution is 2.45. The lowest BCUT2D eigenvalue weighted by Crippen LogP contribution is -2.39. The van der Waals surface area contributed by atoms with E-state index in [0.717, 1.165) is 30.3 Å². The normalized spacial score (nSPS) is 14.5. The van der Waals surface area contributed by atoms with Crippen molar-refractivity contribution in [2.45, 2.75) is 63.5 Å². The number of aryl methyl sites for hydroxylation is 1. The third kappa shape index (κ3) is 7.08. The molecular formula is C29H33F3N8O2S. The molecule has 1 atom stereocenters. The molecule has 1 unspecified atom stereocenters. The summed E-state index contributed by atoms with van der Waals surface area (Å²) in [5.41, 5.74) is 2.68. The summed E-state index contributed by atoms with van der Waals surface area (Å²) in [5, 5.41) is 3.36. The molecule has 0 saturated heterocycles. The number of anilines is 1. The number of nitrogens with one attached hydrogen (secondary N) is 2. The Bertz CT molecular complexity index is 1580. The van der Waals surface area contributed by atoms with Gasteiger partial charge < -0.3 is 19.2 Å². The first-order valence-electron chi connectivity index (χ1n) is 13.7. The fourth-order valence-electron chi connectivity index (χ4n) is 4.41. The summed E-state index contributed by atoms with van der Waals surface area (Å²) in [7, 11) is 3.07. The van der Waals surface area contributed by atoms with Crippen molar-refractivity contribution in [3.8, 4) is 28.7 Å². The minimum Gasteiger partial charge on any atom is -0.598 e. The Hall–Kier alpha value is -3.75. The van der Waals surface area contributed by atoms with Gasteiger partial charge in [0, 0.05) is 54.4 Å². The van der Waals surface area contributed by atoms with Crippen LogP contribution >= 0.6 is 0 Å². The van der Waals surface area contributed by atoms with Gasteiger partial charge in [-0.25, -0.2) is 24.9 Å². The van der Waals surface area contributed by atoms with E-state index in [1.165, 1.54) is 17.9 Å². The summed E-state index contributed by atoms with van der Waals surface area (Å²) in [4.78, 5) is 22.0.